The van der Waals surface area contributed by atoms with E-state index in [-0.39, 0.29) is 17.2 Å². The largest absolute Gasteiger partial charge is 0.497 e. The Bertz CT molecular complexity index is 1700. The SMILES string of the molecule is CCN(CC)C(=O)C(Cc1ccc(NC(=O)c2cccc(OC)c2)cc1)C(=O)NS(=O)(=O)c1ccc2ccccc2c1. The number of hydrogen-bond donors (Lipinski definition) is 2. The van der Waals surface area contributed by atoms with Crippen molar-refractivity contribution in [1.82, 2.24) is 9.62 Å². The Hall–Kier alpha value is -4.70. The van der Waals surface area contributed by atoms with Crippen LogP contribution in [0, 0.1) is 5.92 Å². The zero-order valence-corrected chi connectivity index (χ0v) is 24.5. The highest BCUT2D eigenvalue weighted by atomic mass is 32.2. The summed E-state index contributed by atoms with van der Waals surface area (Å²) in [6, 6.07) is 25.3. The molecule has 1 unspecified atom stereocenters. The number of anilines is 1. The minimum atomic E-state index is -4.24. The summed E-state index contributed by atoms with van der Waals surface area (Å²) in [4.78, 5) is 40.9. The molecule has 0 aliphatic rings. The topological polar surface area (TPSA) is 122 Å². The third-order valence-corrected chi connectivity index (χ3v) is 8.28. The van der Waals surface area contributed by atoms with Crippen molar-refractivity contribution in [3.05, 3.63) is 102 Å². The minimum absolute atomic E-state index is 0.0292. The average Bonchev–Trinajstić information content (AvgIpc) is 3.00. The van der Waals surface area contributed by atoms with Gasteiger partial charge in [0.05, 0.1) is 12.0 Å². The number of ether oxygens (including phenoxy) is 1. The molecule has 42 heavy (non-hydrogen) atoms. The summed E-state index contributed by atoms with van der Waals surface area (Å²) >= 11 is 0. The van der Waals surface area contributed by atoms with Gasteiger partial charge in [-0.25, -0.2) is 13.1 Å². The third-order valence-electron chi connectivity index (χ3n) is 6.94. The van der Waals surface area contributed by atoms with Crippen LogP contribution in [0.2, 0.25) is 0 Å². The van der Waals surface area contributed by atoms with Crippen LogP contribution >= 0.6 is 0 Å². The molecule has 0 aliphatic heterocycles. The van der Waals surface area contributed by atoms with Gasteiger partial charge < -0.3 is 15.0 Å². The number of hydrogen-bond acceptors (Lipinski definition) is 6. The summed E-state index contributed by atoms with van der Waals surface area (Å²) in [5, 5.41) is 4.38. The predicted molar refractivity (Wildman–Crippen MR) is 162 cm³/mol. The molecule has 0 spiro atoms. The van der Waals surface area contributed by atoms with E-state index in [1.54, 1.807) is 80.6 Å². The van der Waals surface area contributed by atoms with Crippen LogP contribution in [0.3, 0.4) is 0 Å². The lowest BCUT2D eigenvalue weighted by molar-refractivity contribution is -0.141. The molecule has 4 aromatic rings. The van der Waals surface area contributed by atoms with E-state index in [0.717, 1.165) is 5.39 Å². The van der Waals surface area contributed by atoms with Crippen LogP contribution in [0.5, 0.6) is 5.75 Å². The van der Waals surface area contributed by atoms with Gasteiger partial charge in [0.15, 0.2) is 0 Å². The molecular formula is C32H33N3O6S. The Morgan fingerprint density at radius 2 is 1.52 bits per heavy atom. The fourth-order valence-electron chi connectivity index (χ4n) is 4.57. The van der Waals surface area contributed by atoms with E-state index >= 15 is 0 Å². The summed E-state index contributed by atoms with van der Waals surface area (Å²) in [7, 11) is -2.72. The second-order valence-corrected chi connectivity index (χ2v) is 11.3. The number of carbonyl (C=O) groups is 3. The molecule has 0 fully saturated rings. The van der Waals surface area contributed by atoms with Crippen molar-refractivity contribution < 1.29 is 27.5 Å². The summed E-state index contributed by atoms with van der Waals surface area (Å²) in [6.07, 6.45) is -0.0292. The maximum Gasteiger partial charge on any atom is 0.264 e. The van der Waals surface area contributed by atoms with Crippen LogP contribution in [0.15, 0.2) is 95.9 Å². The summed E-state index contributed by atoms with van der Waals surface area (Å²) < 4.78 is 33.6. The van der Waals surface area contributed by atoms with Gasteiger partial charge in [-0.2, -0.15) is 0 Å². The number of sulfonamides is 1. The van der Waals surface area contributed by atoms with Crippen molar-refractivity contribution in [1.29, 1.82) is 0 Å². The average molecular weight is 588 g/mol. The van der Waals surface area contributed by atoms with E-state index in [2.05, 4.69) is 10.0 Å². The Morgan fingerprint density at radius 1 is 0.833 bits per heavy atom. The van der Waals surface area contributed by atoms with Gasteiger partial charge in [0.2, 0.25) is 11.8 Å². The van der Waals surface area contributed by atoms with Gasteiger partial charge in [-0.15, -0.1) is 0 Å². The molecule has 0 aliphatic carbocycles. The van der Waals surface area contributed by atoms with E-state index in [4.69, 9.17) is 4.74 Å². The molecule has 0 heterocycles. The molecule has 4 aromatic carbocycles. The second kappa shape index (κ2) is 13.3. The molecule has 4 rings (SSSR count). The molecule has 3 amide bonds. The number of amides is 3. The van der Waals surface area contributed by atoms with E-state index in [1.807, 2.05) is 12.1 Å². The van der Waals surface area contributed by atoms with Gasteiger partial charge in [-0.3, -0.25) is 14.4 Å². The Labute approximate surface area is 245 Å². The van der Waals surface area contributed by atoms with E-state index in [0.29, 0.717) is 41.0 Å². The predicted octanol–water partition coefficient (Wildman–Crippen LogP) is 4.63. The first-order chi connectivity index (χ1) is 20.1. The van der Waals surface area contributed by atoms with Crippen LogP contribution in [0.4, 0.5) is 5.69 Å². The first-order valence-electron chi connectivity index (χ1n) is 13.5. The lowest BCUT2D eigenvalue weighted by Crippen LogP contribution is -2.46. The monoisotopic (exact) mass is 587 g/mol. The standard InChI is InChI=1S/C32H33N3O6S/c1-4-35(5-2)32(38)29(31(37)34-42(39,40)28-18-15-23-9-6-7-10-24(23)21-28)19-22-13-16-26(17-14-22)33-30(36)25-11-8-12-27(20-25)41-3/h6-18,20-21,29H,4-5,19H2,1-3H3,(H,33,36)(H,34,37). The van der Waals surface area contributed by atoms with Crippen molar-refractivity contribution in [3.8, 4) is 5.75 Å². The van der Waals surface area contributed by atoms with Crippen molar-refractivity contribution in [2.45, 2.75) is 25.2 Å². The van der Waals surface area contributed by atoms with Gasteiger partial charge >= 0.3 is 0 Å². The van der Waals surface area contributed by atoms with Crippen LogP contribution in [-0.4, -0.2) is 51.2 Å². The summed E-state index contributed by atoms with van der Waals surface area (Å²) in [6.45, 7) is 4.32. The van der Waals surface area contributed by atoms with Crippen LogP contribution in [-0.2, 0) is 26.0 Å². The maximum atomic E-state index is 13.4. The second-order valence-electron chi connectivity index (χ2n) is 9.63. The molecule has 218 valence electrons. The number of nitrogens with one attached hydrogen (secondary N) is 2. The fourth-order valence-corrected chi connectivity index (χ4v) is 5.63. The first kappa shape index (κ1) is 30.3. The molecule has 0 aromatic heterocycles. The zero-order chi connectivity index (χ0) is 30.3. The van der Waals surface area contributed by atoms with Crippen molar-refractivity contribution in [2.24, 2.45) is 5.92 Å². The molecule has 0 saturated heterocycles. The molecule has 10 heteroatoms. The van der Waals surface area contributed by atoms with E-state index in [9.17, 15) is 22.8 Å². The number of carbonyl (C=O) groups excluding carboxylic acids is 3. The van der Waals surface area contributed by atoms with Gasteiger partial charge in [0.25, 0.3) is 15.9 Å². The molecule has 1 atom stereocenters. The molecule has 0 bridgehead atoms. The summed E-state index contributed by atoms with van der Waals surface area (Å²) in [5.41, 5.74) is 1.56. The molecule has 0 radical (unpaired) electrons. The highest BCUT2D eigenvalue weighted by molar-refractivity contribution is 7.90. The smallest absolute Gasteiger partial charge is 0.264 e. The lowest BCUT2D eigenvalue weighted by atomic mass is 9.97. The Morgan fingerprint density at radius 3 is 2.19 bits per heavy atom. The Kier molecular flexibility index (Phi) is 9.59. The van der Waals surface area contributed by atoms with Gasteiger partial charge in [-0.05, 0) is 79.1 Å². The number of nitrogens with zero attached hydrogens (tertiary/aromatic N) is 1. The van der Waals surface area contributed by atoms with E-state index in [1.165, 1.54) is 24.1 Å². The quantitative estimate of drug-likeness (QED) is 0.247. The lowest BCUT2D eigenvalue weighted by Gasteiger charge is -2.25. The van der Waals surface area contributed by atoms with Crippen molar-refractivity contribution in [2.75, 3.05) is 25.5 Å². The fraction of sp³-hybridized carbons (Fsp3) is 0.219. The van der Waals surface area contributed by atoms with Crippen molar-refractivity contribution >= 4 is 44.2 Å². The molecule has 0 saturated carbocycles. The molecule has 9 nitrogen and oxygen atoms in total. The van der Waals surface area contributed by atoms with Gasteiger partial charge in [0, 0.05) is 24.3 Å². The molecular weight excluding hydrogens is 554 g/mol. The molecule has 2 N–H and O–H groups in total. The van der Waals surface area contributed by atoms with Crippen LogP contribution in [0.25, 0.3) is 10.8 Å². The third kappa shape index (κ3) is 7.13. The highest BCUT2D eigenvalue weighted by Crippen LogP contribution is 2.21. The van der Waals surface area contributed by atoms with Crippen molar-refractivity contribution in [3.63, 3.8) is 0 Å². The Balaban J connectivity index is 1.52. The van der Waals surface area contributed by atoms with Crippen LogP contribution in [0.1, 0.15) is 29.8 Å². The summed E-state index contributed by atoms with van der Waals surface area (Å²) in [5.74, 6) is -2.42. The van der Waals surface area contributed by atoms with E-state index < -0.39 is 27.8 Å². The van der Waals surface area contributed by atoms with Crippen LogP contribution < -0.4 is 14.8 Å². The maximum absolute atomic E-state index is 13.4. The minimum Gasteiger partial charge on any atom is -0.497 e. The number of fused-ring (bicyclic) bond motifs is 1. The zero-order valence-electron chi connectivity index (χ0n) is 23.7. The van der Waals surface area contributed by atoms with Gasteiger partial charge in [0.1, 0.15) is 11.7 Å². The van der Waals surface area contributed by atoms with Gasteiger partial charge in [-0.1, -0.05) is 48.5 Å². The highest BCUT2D eigenvalue weighted by Gasteiger charge is 2.33. The first-order valence-corrected chi connectivity index (χ1v) is 15.0. The normalized spacial score (nSPS) is 11.9. The number of rotatable bonds is 11. The number of benzene rings is 4. The number of methoxy groups -OCH3 is 1.